The Bertz CT molecular complexity index is 848. The second-order valence-electron chi connectivity index (χ2n) is 6.20. The SMILES string of the molecule is CCCCCCc1cc([N+](=O)[O-])c(Nc2c(Cl)cc(Cl)cc2Cl)c([N+](=O)[O-])c1. The molecule has 0 aromatic heterocycles. The summed E-state index contributed by atoms with van der Waals surface area (Å²) in [5.74, 6) is 0. The molecule has 0 fully saturated rings. The Morgan fingerprint density at radius 2 is 1.39 bits per heavy atom. The number of benzene rings is 2. The van der Waals surface area contributed by atoms with Gasteiger partial charge in [-0.2, -0.15) is 0 Å². The average Bonchev–Trinajstić information content (AvgIpc) is 2.61. The summed E-state index contributed by atoms with van der Waals surface area (Å²) in [6.07, 6.45) is 4.35. The average molecular weight is 447 g/mol. The normalized spacial score (nSPS) is 10.7. The molecule has 0 unspecified atom stereocenters. The van der Waals surface area contributed by atoms with E-state index in [9.17, 15) is 20.2 Å². The first-order chi connectivity index (χ1) is 13.2. The van der Waals surface area contributed by atoms with E-state index in [4.69, 9.17) is 34.8 Å². The van der Waals surface area contributed by atoms with Crippen LogP contribution in [0.5, 0.6) is 0 Å². The van der Waals surface area contributed by atoms with Gasteiger partial charge in [0.15, 0.2) is 5.69 Å². The van der Waals surface area contributed by atoms with Crippen LogP contribution >= 0.6 is 34.8 Å². The molecule has 0 saturated heterocycles. The van der Waals surface area contributed by atoms with Gasteiger partial charge in [0, 0.05) is 17.2 Å². The highest BCUT2D eigenvalue weighted by molar-refractivity contribution is 6.42. The molecule has 0 aliphatic carbocycles. The Hall–Kier alpha value is -2.09. The molecule has 1 N–H and O–H groups in total. The van der Waals surface area contributed by atoms with Crippen molar-refractivity contribution in [3.63, 3.8) is 0 Å². The molecule has 2 rings (SSSR count). The summed E-state index contributed by atoms with van der Waals surface area (Å²) in [7, 11) is 0. The smallest absolute Gasteiger partial charge is 0.300 e. The first kappa shape index (κ1) is 22.2. The minimum absolute atomic E-state index is 0.0877. The summed E-state index contributed by atoms with van der Waals surface area (Å²) < 4.78 is 0. The minimum atomic E-state index is -0.664. The van der Waals surface area contributed by atoms with Crippen molar-refractivity contribution in [3.05, 3.63) is 65.1 Å². The Labute approximate surface area is 176 Å². The van der Waals surface area contributed by atoms with Gasteiger partial charge < -0.3 is 5.32 Å². The zero-order valence-electron chi connectivity index (χ0n) is 15.0. The molecule has 0 aliphatic rings. The zero-order chi connectivity index (χ0) is 20.8. The highest BCUT2D eigenvalue weighted by atomic mass is 35.5. The minimum Gasteiger partial charge on any atom is -0.342 e. The molecule has 0 bridgehead atoms. The maximum atomic E-state index is 11.6. The third kappa shape index (κ3) is 5.47. The Morgan fingerprint density at radius 3 is 1.86 bits per heavy atom. The maximum absolute atomic E-state index is 11.6. The molecule has 10 heteroatoms. The third-order valence-corrected chi connectivity index (χ3v) is 4.94. The first-order valence-corrected chi connectivity index (χ1v) is 9.75. The number of halogens is 3. The molecule has 0 amide bonds. The maximum Gasteiger partial charge on any atom is 0.300 e. The molecule has 150 valence electrons. The van der Waals surface area contributed by atoms with Gasteiger partial charge in [-0.1, -0.05) is 61.0 Å². The standard InChI is InChI=1S/C18H18Cl3N3O4/c1-2-3-4-5-6-11-7-15(23(25)26)18(16(8-11)24(27)28)22-17-13(20)9-12(19)10-14(17)21/h7-10,22H,2-6H2,1H3. The van der Waals surface area contributed by atoms with E-state index >= 15 is 0 Å². The molecular formula is C18H18Cl3N3O4. The van der Waals surface area contributed by atoms with E-state index in [1.54, 1.807) is 0 Å². The predicted octanol–water partition coefficient (Wildman–Crippen LogP) is 7.33. The van der Waals surface area contributed by atoms with Gasteiger partial charge >= 0.3 is 0 Å². The molecule has 0 saturated carbocycles. The van der Waals surface area contributed by atoms with E-state index in [1.807, 2.05) is 0 Å². The third-order valence-electron chi connectivity index (χ3n) is 4.13. The number of unbranched alkanes of at least 4 members (excludes halogenated alkanes) is 3. The molecule has 0 heterocycles. The molecule has 0 radical (unpaired) electrons. The molecule has 7 nitrogen and oxygen atoms in total. The van der Waals surface area contributed by atoms with Crippen LogP contribution in [0.25, 0.3) is 0 Å². The van der Waals surface area contributed by atoms with Crippen molar-refractivity contribution >= 4 is 57.6 Å². The van der Waals surface area contributed by atoms with Gasteiger partial charge in [-0.05, 0) is 30.5 Å². The second kappa shape index (κ2) is 9.91. The quantitative estimate of drug-likeness (QED) is 0.247. The summed E-state index contributed by atoms with van der Waals surface area (Å²) in [5.41, 5.74) is -0.468. The van der Waals surface area contributed by atoms with Crippen molar-refractivity contribution in [2.75, 3.05) is 5.32 Å². The van der Waals surface area contributed by atoms with Crippen LogP contribution in [0, 0.1) is 20.2 Å². The molecule has 0 aliphatic heterocycles. The number of hydrogen-bond acceptors (Lipinski definition) is 5. The summed E-state index contributed by atoms with van der Waals surface area (Å²) in [5, 5.41) is 26.3. The van der Waals surface area contributed by atoms with E-state index in [1.165, 1.54) is 24.3 Å². The molecular weight excluding hydrogens is 429 g/mol. The van der Waals surface area contributed by atoms with Gasteiger partial charge in [0.25, 0.3) is 11.4 Å². The van der Waals surface area contributed by atoms with E-state index in [0.717, 1.165) is 25.7 Å². The largest absolute Gasteiger partial charge is 0.342 e. The van der Waals surface area contributed by atoms with Crippen molar-refractivity contribution in [3.8, 4) is 0 Å². The lowest BCUT2D eigenvalue weighted by Crippen LogP contribution is -2.04. The van der Waals surface area contributed by atoms with Crippen LogP contribution in [-0.2, 0) is 6.42 Å². The molecule has 0 spiro atoms. The van der Waals surface area contributed by atoms with Gasteiger partial charge in [-0.3, -0.25) is 20.2 Å². The fourth-order valence-electron chi connectivity index (χ4n) is 2.77. The van der Waals surface area contributed by atoms with Crippen molar-refractivity contribution < 1.29 is 9.85 Å². The number of aryl methyl sites for hydroxylation is 1. The lowest BCUT2D eigenvalue weighted by Gasteiger charge is -2.13. The summed E-state index contributed by atoms with van der Waals surface area (Å²) in [6, 6.07) is 5.46. The van der Waals surface area contributed by atoms with E-state index in [0.29, 0.717) is 12.0 Å². The van der Waals surface area contributed by atoms with E-state index in [-0.39, 0.29) is 26.4 Å². The number of hydrogen-bond donors (Lipinski definition) is 1. The lowest BCUT2D eigenvalue weighted by molar-refractivity contribution is -0.392. The zero-order valence-corrected chi connectivity index (χ0v) is 17.3. The van der Waals surface area contributed by atoms with Gasteiger partial charge in [0.05, 0.1) is 25.6 Å². The second-order valence-corrected chi connectivity index (χ2v) is 7.45. The number of nitrogens with one attached hydrogen (secondary N) is 1. The molecule has 2 aromatic rings. The van der Waals surface area contributed by atoms with Crippen LogP contribution in [0.15, 0.2) is 24.3 Å². The number of nitro groups is 2. The van der Waals surface area contributed by atoms with Gasteiger partial charge in [0.1, 0.15) is 0 Å². The van der Waals surface area contributed by atoms with Gasteiger partial charge in [-0.25, -0.2) is 0 Å². The fraction of sp³-hybridized carbons (Fsp3) is 0.333. The van der Waals surface area contributed by atoms with E-state index < -0.39 is 21.2 Å². The van der Waals surface area contributed by atoms with Crippen LogP contribution in [0.2, 0.25) is 15.1 Å². The Balaban J connectivity index is 2.50. The first-order valence-electron chi connectivity index (χ1n) is 8.61. The molecule has 28 heavy (non-hydrogen) atoms. The molecule has 2 aromatic carbocycles. The fourth-order valence-corrected chi connectivity index (χ4v) is 3.68. The summed E-state index contributed by atoms with van der Waals surface area (Å²) in [4.78, 5) is 21.9. The topological polar surface area (TPSA) is 98.3 Å². The lowest BCUT2D eigenvalue weighted by atomic mass is 10.0. The monoisotopic (exact) mass is 445 g/mol. The number of rotatable bonds is 9. The van der Waals surface area contributed by atoms with Crippen LogP contribution in [0.1, 0.15) is 38.2 Å². The Kier molecular flexibility index (Phi) is 7.86. The van der Waals surface area contributed by atoms with E-state index in [2.05, 4.69) is 12.2 Å². The Morgan fingerprint density at radius 1 is 0.857 bits per heavy atom. The van der Waals surface area contributed by atoms with Crippen LogP contribution < -0.4 is 5.32 Å². The highest BCUT2D eigenvalue weighted by Gasteiger charge is 2.28. The number of anilines is 2. The number of nitrogens with zero attached hydrogens (tertiary/aromatic N) is 2. The summed E-state index contributed by atoms with van der Waals surface area (Å²) in [6.45, 7) is 2.07. The summed E-state index contributed by atoms with van der Waals surface area (Å²) >= 11 is 18.1. The van der Waals surface area contributed by atoms with Gasteiger partial charge in [-0.15, -0.1) is 0 Å². The number of nitro benzene ring substituents is 2. The van der Waals surface area contributed by atoms with Gasteiger partial charge in [0.2, 0.25) is 0 Å². The molecule has 0 atom stereocenters. The van der Waals surface area contributed by atoms with Crippen molar-refractivity contribution in [1.29, 1.82) is 0 Å². The van der Waals surface area contributed by atoms with Crippen molar-refractivity contribution in [2.45, 2.75) is 39.0 Å². The highest BCUT2D eigenvalue weighted by Crippen LogP contribution is 2.42. The van der Waals surface area contributed by atoms with Crippen LogP contribution in [0.4, 0.5) is 22.7 Å². The van der Waals surface area contributed by atoms with Crippen molar-refractivity contribution in [2.24, 2.45) is 0 Å². The predicted molar refractivity (Wildman–Crippen MR) is 112 cm³/mol. The van der Waals surface area contributed by atoms with Crippen LogP contribution in [-0.4, -0.2) is 9.85 Å². The van der Waals surface area contributed by atoms with Crippen molar-refractivity contribution in [1.82, 2.24) is 0 Å². The van der Waals surface area contributed by atoms with Crippen LogP contribution in [0.3, 0.4) is 0 Å².